The molecule has 0 radical (unpaired) electrons. The van der Waals surface area contributed by atoms with Crippen molar-refractivity contribution in [3.05, 3.63) is 48.6 Å². The molecular weight excluding hydrogens is 235 g/mol. The number of hydrogen-bond donors (Lipinski definition) is 0. The van der Waals surface area contributed by atoms with Crippen molar-refractivity contribution in [3.63, 3.8) is 0 Å². The van der Waals surface area contributed by atoms with E-state index in [2.05, 4.69) is 66.3 Å². The molecule has 18 heavy (non-hydrogen) atoms. The van der Waals surface area contributed by atoms with E-state index in [1.807, 2.05) is 12.2 Å². The van der Waals surface area contributed by atoms with E-state index < -0.39 is 0 Å². The summed E-state index contributed by atoms with van der Waals surface area (Å²) in [5.41, 5.74) is 3.55. The molecule has 0 aliphatic carbocycles. The summed E-state index contributed by atoms with van der Waals surface area (Å²) in [6, 6.07) is 0. The predicted molar refractivity (Wildman–Crippen MR) is 88.9 cm³/mol. The smallest absolute Gasteiger partial charge is 0.00416 e. The van der Waals surface area contributed by atoms with Gasteiger partial charge in [0.1, 0.15) is 0 Å². The molecule has 0 amide bonds. The van der Waals surface area contributed by atoms with Crippen LogP contribution < -0.4 is 0 Å². The van der Waals surface area contributed by atoms with Crippen LogP contribution in [0.25, 0.3) is 0 Å². The predicted octanol–water partition coefficient (Wildman–Crippen LogP) is 5.78. The van der Waals surface area contributed by atoms with Gasteiger partial charge in [-0.05, 0) is 37.7 Å². The van der Waals surface area contributed by atoms with Gasteiger partial charge in [-0.1, -0.05) is 63.8 Å². The molecule has 0 saturated carbocycles. The van der Waals surface area contributed by atoms with Gasteiger partial charge in [0.15, 0.2) is 0 Å². The Morgan fingerprint density at radius 1 is 1.11 bits per heavy atom. The molecule has 0 rings (SSSR count). The Labute approximate surface area is 115 Å². The summed E-state index contributed by atoms with van der Waals surface area (Å²) in [4.78, 5) is 0. The fraction of sp³-hybridized carbons (Fsp3) is 0.529. The minimum atomic E-state index is -0.00314. The van der Waals surface area contributed by atoms with Crippen LogP contribution in [0.5, 0.6) is 0 Å². The molecule has 0 aliphatic heterocycles. The molecule has 0 fully saturated rings. The van der Waals surface area contributed by atoms with Crippen LogP contribution in [-0.2, 0) is 0 Å². The lowest BCUT2D eigenvalue weighted by atomic mass is 9.88. The molecule has 0 spiro atoms. The largest absolute Gasteiger partial charge is 0.105 e. The first-order valence-corrected chi connectivity index (χ1v) is 8.81. The van der Waals surface area contributed by atoms with Gasteiger partial charge in [0.05, 0.1) is 0 Å². The zero-order valence-electron chi connectivity index (χ0n) is 13.0. The number of hydrogen-bond acceptors (Lipinski definition) is 0. The molecule has 102 valence electrons. The third-order valence-corrected chi connectivity index (χ3v) is 4.64. The van der Waals surface area contributed by atoms with Crippen molar-refractivity contribution in [3.8, 4) is 0 Å². The van der Waals surface area contributed by atoms with Gasteiger partial charge in [0, 0.05) is 5.66 Å². The molecule has 0 nitrogen and oxygen atoms in total. The van der Waals surface area contributed by atoms with E-state index in [0.717, 1.165) is 0 Å². The molecule has 1 atom stereocenters. The highest BCUT2D eigenvalue weighted by Gasteiger charge is 2.22. The van der Waals surface area contributed by atoms with Crippen molar-refractivity contribution in [2.75, 3.05) is 13.3 Å². The summed E-state index contributed by atoms with van der Waals surface area (Å²) >= 11 is 0. The average molecular weight is 264 g/mol. The van der Waals surface area contributed by atoms with Crippen LogP contribution in [0, 0.1) is 5.41 Å². The first-order chi connectivity index (χ1) is 8.21. The minimum Gasteiger partial charge on any atom is -0.105 e. The van der Waals surface area contributed by atoms with Crippen LogP contribution in [0.3, 0.4) is 0 Å². The summed E-state index contributed by atoms with van der Waals surface area (Å²) in [6.07, 6.45) is 9.47. The quantitative estimate of drug-likeness (QED) is 0.421. The van der Waals surface area contributed by atoms with Gasteiger partial charge in [-0.2, -0.15) is 0 Å². The molecule has 0 aromatic carbocycles. The summed E-state index contributed by atoms with van der Waals surface area (Å²) in [5.74, 6) is 0. The third kappa shape index (κ3) is 6.97. The van der Waals surface area contributed by atoms with Crippen molar-refractivity contribution in [2.24, 2.45) is 5.41 Å². The van der Waals surface area contributed by atoms with Gasteiger partial charge < -0.3 is 0 Å². The van der Waals surface area contributed by atoms with Crippen molar-refractivity contribution in [1.82, 2.24) is 0 Å². The molecule has 0 bridgehead atoms. The van der Waals surface area contributed by atoms with Crippen LogP contribution in [0.2, 0.25) is 0 Å². The Bertz CT molecular complexity index is 337. The minimum absolute atomic E-state index is 0.00314. The molecule has 0 aromatic heterocycles. The maximum Gasteiger partial charge on any atom is 0.00416 e. The summed E-state index contributed by atoms with van der Waals surface area (Å²) in [7, 11) is -0.00314. The fourth-order valence-corrected chi connectivity index (χ4v) is 3.49. The molecular formula is C17H29P. The van der Waals surface area contributed by atoms with Crippen LogP contribution in [0.1, 0.15) is 34.1 Å². The van der Waals surface area contributed by atoms with Crippen LogP contribution >= 0.6 is 7.92 Å². The highest BCUT2D eigenvalue weighted by atomic mass is 31.1. The Balaban J connectivity index is 5.18. The monoisotopic (exact) mass is 264 g/mol. The van der Waals surface area contributed by atoms with Crippen molar-refractivity contribution in [2.45, 2.75) is 39.8 Å². The van der Waals surface area contributed by atoms with Gasteiger partial charge in [-0.3, -0.25) is 0 Å². The first kappa shape index (κ1) is 17.4. The first-order valence-electron chi connectivity index (χ1n) is 6.51. The van der Waals surface area contributed by atoms with Crippen LogP contribution in [0.15, 0.2) is 48.6 Å². The average Bonchev–Trinajstić information content (AvgIpc) is 2.26. The third-order valence-electron chi connectivity index (χ3n) is 2.91. The Morgan fingerprint density at radius 2 is 1.67 bits per heavy atom. The molecule has 1 heteroatoms. The number of rotatable bonds is 6. The summed E-state index contributed by atoms with van der Waals surface area (Å²) in [6.45, 7) is 21.5. The fourth-order valence-electron chi connectivity index (χ4n) is 1.79. The lowest BCUT2D eigenvalue weighted by molar-refractivity contribution is 0.382. The second kappa shape index (κ2) is 7.74. The van der Waals surface area contributed by atoms with E-state index in [1.165, 1.54) is 17.6 Å². The molecule has 0 aliphatic rings. The topological polar surface area (TPSA) is 0 Å². The van der Waals surface area contributed by atoms with E-state index >= 15 is 0 Å². The van der Waals surface area contributed by atoms with Crippen LogP contribution in [-0.4, -0.2) is 19.0 Å². The van der Waals surface area contributed by atoms with Crippen molar-refractivity contribution >= 4 is 7.92 Å². The van der Waals surface area contributed by atoms with E-state index in [0.29, 0.717) is 11.1 Å². The maximum atomic E-state index is 3.99. The molecule has 0 saturated heterocycles. The van der Waals surface area contributed by atoms with Gasteiger partial charge in [-0.25, -0.2) is 0 Å². The van der Waals surface area contributed by atoms with Gasteiger partial charge >= 0.3 is 0 Å². The van der Waals surface area contributed by atoms with Crippen LogP contribution in [0.4, 0.5) is 0 Å². The molecule has 0 N–H and O–H groups in total. The lowest BCUT2D eigenvalue weighted by Gasteiger charge is -2.30. The summed E-state index contributed by atoms with van der Waals surface area (Å²) in [5, 5.41) is 0. The van der Waals surface area contributed by atoms with E-state index in [9.17, 15) is 0 Å². The van der Waals surface area contributed by atoms with E-state index in [1.54, 1.807) is 0 Å². The zero-order valence-corrected chi connectivity index (χ0v) is 13.8. The molecule has 0 aromatic rings. The van der Waals surface area contributed by atoms with E-state index in [4.69, 9.17) is 0 Å². The number of allylic oxidation sites excluding steroid dienone is 6. The van der Waals surface area contributed by atoms with Crippen molar-refractivity contribution in [1.29, 1.82) is 0 Å². The Hall–Kier alpha value is -0.610. The second-order valence-electron chi connectivity index (χ2n) is 6.23. The van der Waals surface area contributed by atoms with Crippen molar-refractivity contribution < 1.29 is 0 Å². The maximum absolute atomic E-state index is 3.99. The highest BCUT2D eigenvalue weighted by molar-refractivity contribution is 7.57. The normalized spacial score (nSPS) is 15.7. The Morgan fingerprint density at radius 3 is 2.00 bits per heavy atom. The van der Waals surface area contributed by atoms with Gasteiger partial charge in [-0.15, -0.1) is 7.92 Å². The summed E-state index contributed by atoms with van der Waals surface area (Å²) < 4.78 is 0. The van der Waals surface area contributed by atoms with Gasteiger partial charge in [0.2, 0.25) is 0 Å². The molecule has 1 unspecified atom stereocenters. The van der Waals surface area contributed by atoms with E-state index in [-0.39, 0.29) is 7.92 Å². The Kier molecular flexibility index (Phi) is 7.48. The SMILES string of the molecule is C=C/C(C)=C\C=C(/C=C)C(CC(C)(C)C)P(C)C. The highest BCUT2D eigenvalue weighted by Crippen LogP contribution is 2.43. The van der Waals surface area contributed by atoms with Gasteiger partial charge in [0.25, 0.3) is 0 Å². The molecule has 0 heterocycles. The standard InChI is InChI=1S/C17H29P/c1-9-14(3)11-12-15(10-2)16(18(7)8)13-17(4,5)6/h9-12,16H,1-2,13H2,3-8H3/b14-11-,15-12+. The lowest BCUT2D eigenvalue weighted by Crippen LogP contribution is -2.17. The zero-order chi connectivity index (χ0) is 14.3. The second-order valence-corrected chi connectivity index (χ2v) is 8.78.